The van der Waals surface area contributed by atoms with Crippen LogP contribution < -0.4 is 5.73 Å². The Bertz CT molecular complexity index is 134. The van der Waals surface area contributed by atoms with Crippen LogP contribution in [0.25, 0.3) is 0 Å². The van der Waals surface area contributed by atoms with Crippen molar-refractivity contribution in [3.63, 3.8) is 0 Å². The minimum absolute atomic E-state index is 0.351. The maximum atomic E-state index is 7.16. The highest BCUT2D eigenvalue weighted by Crippen LogP contribution is 2.39. The topological polar surface area (TPSA) is 49.9 Å². The Balaban J connectivity index is 2.43. The summed E-state index contributed by atoms with van der Waals surface area (Å²) in [5.41, 5.74) is 5.71. The zero-order chi connectivity index (χ0) is 7.61. The lowest BCUT2D eigenvalue weighted by Gasteiger charge is -2.21. The van der Waals surface area contributed by atoms with Crippen LogP contribution in [0.2, 0.25) is 0 Å². The summed E-state index contributed by atoms with van der Waals surface area (Å²) >= 11 is 0. The Morgan fingerprint density at radius 3 is 2.40 bits per heavy atom. The van der Waals surface area contributed by atoms with Gasteiger partial charge in [0.05, 0.1) is 5.84 Å². The number of amidine groups is 1. The van der Waals surface area contributed by atoms with Gasteiger partial charge >= 0.3 is 0 Å². The largest absolute Gasteiger partial charge is 0.388 e. The molecule has 0 radical (unpaired) electrons. The van der Waals surface area contributed by atoms with Crippen LogP contribution in [0.3, 0.4) is 0 Å². The summed E-state index contributed by atoms with van der Waals surface area (Å²) in [5.74, 6) is 0.351. The van der Waals surface area contributed by atoms with E-state index in [0.29, 0.717) is 11.3 Å². The molecule has 0 aliphatic heterocycles. The molecule has 0 heterocycles. The number of hydrogen-bond donors (Lipinski definition) is 2. The molecule has 0 saturated heterocycles. The summed E-state index contributed by atoms with van der Waals surface area (Å²) in [4.78, 5) is 0. The van der Waals surface area contributed by atoms with Gasteiger partial charge < -0.3 is 5.73 Å². The second-order valence-electron chi connectivity index (χ2n) is 3.72. The molecule has 1 aliphatic carbocycles. The first-order chi connectivity index (χ1) is 4.62. The summed E-state index contributed by atoms with van der Waals surface area (Å²) in [6.45, 7) is 2.24. The van der Waals surface area contributed by atoms with E-state index in [-0.39, 0.29) is 0 Å². The smallest absolute Gasteiger partial charge is 0.0910 e. The second-order valence-corrected chi connectivity index (χ2v) is 3.72. The van der Waals surface area contributed by atoms with Crippen LogP contribution in [0.5, 0.6) is 0 Å². The van der Waals surface area contributed by atoms with E-state index < -0.39 is 0 Å². The second kappa shape index (κ2) is 2.60. The number of nitrogens with two attached hydrogens (primary N) is 1. The molecule has 2 nitrogen and oxygen atoms in total. The fourth-order valence-corrected chi connectivity index (χ4v) is 1.87. The maximum absolute atomic E-state index is 7.16. The molecule has 0 aromatic rings. The highest BCUT2D eigenvalue weighted by molar-refractivity contribution is 5.77. The van der Waals surface area contributed by atoms with Gasteiger partial charge in [0.25, 0.3) is 0 Å². The molecule has 58 valence electrons. The van der Waals surface area contributed by atoms with Gasteiger partial charge in [-0.2, -0.15) is 0 Å². The van der Waals surface area contributed by atoms with Gasteiger partial charge in [-0.05, 0) is 18.3 Å². The van der Waals surface area contributed by atoms with E-state index in [1.807, 2.05) is 0 Å². The molecule has 10 heavy (non-hydrogen) atoms. The molecular formula is C8H16N2. The van der Waals surface area contributed by atoms with Crippen LogP contribution in [-0.4, -0.2) is 5.84 Å². The average molecular weight is 140 g/mol. The Hall–Kier alpha value is -0.530. The van der Waals surface area contributed by atoms with Gasteiger partial charge in [-0.15, -0.1) is 0 Å². The summed E-state index contributed by atoms with van der Waals surface area (Å²) in [6.07, 6.45) is 5.96. The Morgan fingerprint density at radius 2 is 2.00 bits per heavy atom. The van der Waals surface area contributed by atoms with Crippen molar-refractivity contribution in [2.24, 2.45) is 11.1 Å². The molecule has 3 N–H and O–H groups in total. The van der Waals surface area contributed by atoms with E-state index in [9.17, 15) is 0 Å². The molecule has 2 heteroatoms. The van der Waals surface area contributed by atoms with E-state index in [1.54, 1.807) is 0 Å². The van der Waals surface area contributed by atoms with Crippen LogP contribution in [-0.2, 0) is 0 Å². The van der Waals surface area contributed by atoms with E-state index in [4.69, 9.17) is 11.1 Å². The van der Waals surface area contributed by atoms with Crippen molar-refractivity contribution >= 4 is 5.84 Å². The number of nitrogens with one attached hydrogen (secondary N) is 1. The van der Waals surface area contributed by atoms with E-state index in [0.717, 1.165) is 6.42 Å². The summed E-state index contributed by atoms with van der Waals surface area (Å²) in [7, 11) is 0. The van der Waals surface area contributed by atoms with Gasteiger partial charge in [0.15, 0.2) is 0 Å². The molecule has 0 unspecified atom stereocenters. The molecule has 0 aromatic heterocycles. The van der Waals surface area contributed by atoms with Gasteiger partial charge in [0.1, 0.15) is 0 Å². The normalized spacial score (nSPS) is 22.9. The van der Waals surface area contributed by atoms with Gasteiger partial charge in [0, 0.05) is 6.42 Å². The summed E-state index contributed by atoms with van der Waals surface area (Å²) in [6, 6.07) is 0. The number of hydrogen-bond acceptors (Lipinski definition) is 1. The standard InChI is InChI=1S/C8H16N2/c1-8(6-7(9)10)4-2-3-5-8/h2-6H2,1H3,(H3,9,10). The van der Waals surface area contributed by atoms with Crippen LogP contribution >= 0.6 is 0 Å². The monoisotopic (exact) mass is 140 g/mol. The maximum Gasteiger partial charge on any atom is 0.0910 e. The summed E-state index contributed by atoms with van der Waals surface area (Å²) in [5, 5.41) is 7.16. The van der Waals surface area contributed by atoms with Crippen molar-refractivity contribution < 1.29 is 0 Å². The molecular weight excluding hydrogens is 124 g/mol. The summed E-state index contributed by atoms with van der Waals surface area (Å²) < 4.78 is 0. The molecule has 0 amide bonds. The molecule has 1 saturated carbocycles. The predicted molar refractivity (Wildman–Crippen MR) is 43.1 cm³/mol. The Labute approximate surface area is 62.3 Å². The lowest BCUT2D eigenvalue weighted by molar-refractivity contribution is 0.351. The SMILES string of the molecule is CC1(CC(=N)N)CCCC1. The Kier molecular flexibility index (Phi) is 1.97. The van der Waals surface area contributed by atoms with Crippen molar-refractivity contribution in [2.75, 3.05) is 0 Å². The molecule has 0 atom stereocenters. The van der Waals surface area contributed by atoms with Crippen molar-refractivity contribution in [3.05, 3.63) is 0 Å². The zero-order valence-corrected chi connectivity index (χ0v) is 6.61. The first-order valence-electron chi connectivity index (χ1n) is 3.95. The fraction of sp³-hybridized carbons (Fsp3) is 0.875. The quantitative estimate of drug-likeness (QED) is 0.446. The van der Waals surface area contributed by atoms with Gasteiger partial charge in [-0.25, -0.2) is 0 Å². The predicted octanol–water partition coefficient (Wildman–Crippen LogP) is 1.89. The van der Waals surface area contributed by atoms with Gasteiger partial charge in [-0.3, -0.25) is 5.41 Å². The molecule has 0 bridgehead atoms. The van der Waals surface area contributed by atoms with Crippen LogP contribution in [0.1, 0.15) is 39.0 Å². The van der Waals surface area contributed by atoms with Crippen molar-refractivity contribution in [1.82, 2.24) is 0 Å². The zero-order valence-electron chi connectivity index (χ0n) is 6.61. The first-order valence-corrected chi connectivity index (χ1v) is 3.95. The van der Waals surface area contributed by atoms with Crippen LogP contribution in [0.15, 0.2) is 0 Å². The fourth-order valence-electron chi connectivity index (χ4n) is 1.87. The minimum Gasteiger partial charge on any atom is -0.388 e. The third kappa shape index (κ3) is 1.72. The number of rotatable bonds is 2. The van der Waals surface area contributed by atoms with Gasteiger partial charge in [-0.1, -0.05) is 19.8 Å². The third-order valence-corrected chi connectivity index (χ3v) is 2.43. The molecule has 0 aromatic carbocycles. The van der Waals surface area contributed by atoms with E-state index in [2.05, 4.69) is 6.92 Å². The first kappa shape index (κ1) is 7.58. The van der Waals surface area contributed by atoms with Crippen LogP contribution in [0, 0.1) is 10.8 Å². The average Bonchev–Trinajstić information content (AvgIpc) is 2.12. The van der Waals surface area contributed by atoms with Crippen molar-refractivity contribution in [3.8, 4) is 0 Å². The Morgan fingerprint density at radius 1 is 1.50 bits per heavy atom. The van der Waals surface area contributed by atoms with Gasteiger partial charge in [0.2, 0.25) is 0 Å². The third-order valence-electron chi connectivity index (χ3n) is 2.43. The molecule has 1 rings (SSSR count). The van der Waals surface area contributed by atoms with Crippen molar-refractivity contribution in [1.29, 1.82) is 5.41 Å². The lowest BCUT2D eigenvalue weighted by Crippen LogP contribution is -2.21. The highest BCUT2D eigenvalue weighted by atomic mass is 14.7. The molecule has 0 spiro atoms. The van der Waals surface area contributed by atoms with Crippen molar-refractivity contribution in [2.45, 2.75) is 39.0 Å². The van der Waals surface area contributed by atoms with E-state index >= 15 is 0 Å². The minimum atomic E-state index is 0.351. The van der Waals surface area contributed by atoms with Crippen LogP contribution in [0.4, 0.5) is 0 Å². The molecule has 1 fully saturated rings. The molecule has 1 aliphatic rings. The lowest BCUT2D eigenvalue weighted by atomic mass is 9.85. The van der Waals surface area contributed by atoms with E-state index in [1.165, 1.54) is 25.7 Å². The highest BCUT2D eigenvalue weighted by Gasteiger charge is 2.28.